The van der Waals surface area contributed by atoms with Crippen molar-refractivity contribution in [2.45, 2.75) is 32.3 Å². The van der Waals surface area contributed by atoms with Crippen LogP contribution < -0.4 is 10.1 Å². The van der Waals surface area contributed by atoms with Crippen LogP contribution in [0, 0.1) is 5.41 Å². The van der Waals surface area contributed by atoms with Gasteiger partial charge < -0.3 is 15.0 Å². The number of carbonyl (C=O) groups is 1. The normalized spacial score (nSPS) is 17.8. The molecule has 156 valence electrons. The van der Waals surface area contributed by atoms with E-state index in [-0.39, 0.29) is 18.3 Å². The van der Waals surface area contributed by atoms with Crippen LogP contribution in [0.25, 0.3) is 0 Å². The average Bonchev–Trinajstić information content (AvgIpc) is 3.16. The monoisotopic (exact) mass is 434 g/mol. The van der Waals surface area contributed by atoms with Crippen molar-refractivity contribution in [2.75, 3.05) is 26.2 Å². The van der Waals surface area contributed by atoms with Crippen molar-refractivity contribution in [3.8, 4) is 5.75 Å². The van der Waals surface area contributed by atoms with Gasteiger partial charge in [-0.25, -0.2) is 0 Å². The fourth-order valence-corrected chi connectivity index (χ4v) is 4.45. The maximum Gasteiger partial charge on any atom is 0.226 e. The molecule has 2 heterocycles. The summed E-state index contributed by atoms with van der Waals surface area (Å²) in [6.07, 6.45) is 3.91. The van der Waals surface area contributed by atoms with E-state index in [2.05, 4.69) is 5.32 Å². The van der Waals surface area contributed by atoms with Gasteiger partial charge in [0.2, 0.25) is 5.91 Å². The van der Waals surface area contributed by atoms with E-state index in [0.29, 0.717) is 23.5 Å². The summed E-state index contributed by atoms with van der Waals surface area (Å²) < 4.78 is 5.89. The van der Waals surface area contributed by atoms with Crippen molar-refractivity contribution in [3.63, 3.8) is 0 Å². The van der Waals surface area contributed by atoms with E-state index in [1.807, 2.05) is 53.4 Å². The highest BCUT2D eigenvalue weighted by Crippen LogP contribution is 2.37. The van der Waals surface area contributed by atoms with Crippen LogP contribution in [0.3, 0.4) is 0 Å². The molecule has 6 heteroatoms. The van der Waals surface area contributed by atoms with Gasteiger partial charge in [-0.15, -0.1) is 12.4 Å². The number of likely N-dealkylation sites (tertiary alicyclic amines) is 1. The first-order valence-corrected chi connectivity index (χ1v) is 10.5. The van der Waals surface area contributed by atoms with E-state index in [1.165, 1.54) is 6.42 Å². The van der Waals surface area contributed by atoms with Crippen molar-refractivity contribution < 1.29 is 9.53 Å². The van der Waals surface area contributed by atoms with Crippen LogP contribution >= 0.6 is 24.0 Å². The Labute approximate surface area is 184 Å². The minimum absolute atomic E-state index is 0. The Balaban J connectivity index is 0.00000240. The maximum absolute atomic E-state index is 12.8. The van der Waals surface area contributed by atoms with Gasteiger partial charge in [-0.05, 0) is 55.0 Å². The molecule has 4 nitrogen and oxygen atoms in total. The highest BCUT2D eigenvalue weighted by molar-refractivity contribution is 6.31. The first-order valence-electron chi connectivity index (χ1n) is 10.1. The number of amides is 1. The molecule has 0 bridgehead atoms. The summed E-state index contributed by atoms with van der Waals surface area (Å²) in [5.41, 5.74) is 2.38. The number of rotatable bonds is 5. The van der Waals surface area contributed by atoms with Gasteiger partial charge in [-0.1, -0.05) is 41.9 Å². The molecule has 0 atom stereocenters. The highest BCUT2D eigenvalue weighted by atomic mass is 35.5. The molecular weight excluding hydrogens is 407 g/mol. The first kappa shape index (κ1) is 21.9. The molecule has 2 aliphatic rings. The van der Waals surface area contributed by atoms with Gasteiger partial charge in [0.05, 0.1) is 6.42 Å². The number of piperidine rings is 1. The minimum Gasteiger partial charge on any atom is -0.489 e. The Kier molecular flexibility index (Phi) is 7.44. The molecule has 2 aliphatic heterocycles. The summed E-state index contributed by atoms with van der Waals surface area (Å²) in [5.74, 6) is 0.976. The van der Waals surface area contributed by atoms with Crippen LogP contribution in [0.1, 0.15) is 30.4 Å². The second kappa shape index (κ2) is 9.84. The summed E-state index contributed by atoms with van der Waals surface area (Å²) in [7, 11) is 0. The lowest BCUT2D eigenvalue weighted by Gasteiger charge is -2.39. The van der Waals surface area contributed by atoms with Crippen molar-refractivity contribution >= 4 is 29.9 Å². The summed E-state index contributed by atoms with van der Waals surface area (Å²) in [6, 6.07) is 15.5. The molecule has 0 unspecified atom stereocenters. The van der Waals surface area contributed by atoms with E-state index in [1.54, 1.807) is 0 Å². The molecule has 0 saturated carbocycles. The predicted molar refractivity (Wildman–Crippen MR) is 119 cm³/mol. The number of benzene rings is 2. The lowest BCUT2D eigenvalue weighted by molar-refractivity contribution is -0.132. The molecule has 2 fully saturated rings. The molecule has 0 radical (unpaired) electrons. The third-order valence-electron chi connectivity index (χ3n) is 6.11. The standard InChI is InChI=1S/C23H27ClN2O2.ClH/c24-21-7-2-1-5-19(21)16-28-20-6-3-4-18(14-20)15-22(27)26-12-9-23(10-13-26)8-11-25-17-23;/h1-7,14,25H,8-13,15-17H2;1H. The first-order chi connectivity index (χ1) is 13.6. The number of hydrogen-bond donors (Lipinski definition) is 1. The molecule has 4 rings (SSSR count). The second-order valence-electron chi connectivity index (χ2n) is 8.01. The van der Waals surface area contributed by atoms with Gasteiger partial charge in [-0.2, -0.15) is 0 Å². The average molecular weight is 435 g/mol. The van der Waals surface area contributed by atoms with Gasteiger partial charge in [0.15, 0.2) is 0 Å². The lowest BCUT2D eigenvalue weighted by Crippen LogP contribution is -2.44. The van der Waals surface area contributed by atoms with Crippen LogP contribution in [0.4, 0.5) is 0 Å². The Morgan fingerprint density at radius 2 is 1.90 bits per heavy atom. The fourth-order valence-electron chi connectivity index (χ4n) is 4.26. The molecule has 29 heavy (non-hydrogen) atoms. The van der Waals surface area contributed by atoms with Crippen LogP contribution in [0.2, 0.25) is 5.02 Å². The summed E-state index contributed by atoms with van der Waals surface area (Å²) >= 11 is 6.19. The van der Waals surface area contributed by atoms with E-state index in [4.69, 9.17) is 16.3 Å². The molecule has 0 aromatic heterocycles. The summed E-state index contributed by atoms with van der Waals surface area (Å²) in [4.78, 5) is 14.8. The summed E-state index contributed by atoms with van der Waals surface area (Å²) in [6.45, 7) is 4.40. The number of ether oxygens (including phenoxy) is 1. The molecule has 1 spiro atoms. The quantitative estimate of drug-likeness (QED) is 0.753. The zero-order valence-electron chi connectivity index (χ0n) is 16.5. The van der Waals surface area contributed by atoms with E-state index in [9.17, 15) is 4.79 Å². The Morgan fingerprint density at radius 1 is 1.10 bits per heavy atom. The maximum atomic E-state index is 12.8. The molecule has 2 aromatic carbocycles. The molecule has 2 aromatic rings. The van der Waals surface area contributed by atoms with Crippen LogP contribution in [0.5, 0.6) is 5.75 Å². The SMILES string of the molecule is Cl.O=C(Cc1cccc(OCc2ccccc2Cl)c1)N1CCC2(CCNC2)CC1. The molecule has 1 amide bonds. The van der Waals surface area contributed by atoms with Crippen molar-refractivity contribution in [1.29, 1.82) is 0 Å². The van der Waals surface area contributed by atoms with Crippen LogP contribution in [-0.4, -0.2) is 37.0 Å². The molecular formula is C23H28Cl2N2O2. The number of nitrogens with one attached hydrogen (secondary N) is 1. The van der Waals surface area contributed by atoms with Crippen molar-refractivity contribution in [2.24, 2.45) is 5.41 Å². The van der Waals surface area contributed by atoms with E-state index < -0.39 is 0 Å². The smallest absolute Gasteiger partial charge is 0.226 e. The van der Waals surface area contributed by atoms with Crippen molar-refractivity contribution in [1.82, 2.24) is 10.2 Å². The van der Waals surface area contributed by atoms with Crippen LogP contribution in [-0.2, 0) is 17.8 Å². The molecule has 1 N–H and O–H groups in total. The number of nitrogens with zero attached hydrogens (tertiary/aromatic N) is 1. The zero-order valence-corrected chi connectivity index (χ0v) is 18.1. The molecule has 2 saturated heterocycles. The Bertz CT molecular complexity index is 827. The number of carbonyl (C=O) groups excluding carboxylic acids is 1. The highest BCUT2D eigenvalue weighted by Gasteiger charge is 2.37. The topological polar surface area (TPSA) is 41.6 Å². The lowest BCUT2D eigenvalue weighted by atomic mass is 9.78. The number of halogens is 2. The van der Waals surface area contributed by atoms with Crippen LogP contribution in [0.15, 0.2) is 48.5 Å². The summed E-state index contributed by atoms with van der Waals surface area (Å²) in [5, 5.41) is 4.18. The van der Waals surface area contributed by atoms with Gasteiger partial charge in [0, 0.05) is 30.2 Å². The third kappa shape index (κ3) is 5.44. The Morgan fingerprint density at radius 3 is 2.62 bits per heavy atom. The van der Waals surface area contributed by atoms with E-state index in [0.717, 1.165) is 55.9 Å². The zero-order chi connectivity index (χ0) is 19.4. The van der Waals surface area contributed by atoms with Crippen molar-refractivity contribution in [3.05, 3.63) is 64.7 Å². The second-order valence-corrected chi connectivity index (χ2v) is 8.42. The largest absolute Gasteiger partial charge is 0.489 e. The van der Waals surface area contributed by atoms with Gasteiger partial charge in [0.1, 0.15) is 12.4 Å². The van der Waals surface area contributed by atoms with Gasteiger partial charge >= 0.3 is 0 Å². The molecule has 0 aliphatic carbocycles. The Hall–Kier alpha value is -1.75. The van der Waals surface area contributed by atoms with Gasteiger partial charge in [-0.3, -0.25) is 4.79 Å². The third-order valence-corrected chi connectivity index (χ3v) is 6.48. The minimum atomic E-state index is 0. The van der Waals surface area contributed by atoms with E-state index >= 15 is 0 Å². The number of hydrogen-bond acceptors (Lipinski definition) is 3. The predicted octanol–water partition coefficient (Wildman–Crippen LogP) is 4.49. The fraction of sp³-hybridized carbons (Fsp3) is 0.435. The van der Waals surface area contributed by atoms with Gasteiger partial charge in [0.25, 0.3) is 0 Å².